The highest BCUT2D eigenvalue weighted by atomic mass is 19.4. The number of nitrogens with two attached hydrogens (primary N) is 1. The molecule has 0 saturated heterocycles. The summed E-state index contributed by atoms with van der Waals surface area (Å²) in [4.78, 5) is 0. The molecule has 0 spiro atoms. The second-order valence-electron chi connectivity index (χ2n) is 3.84. The van der Waals surface area contributed by atoms with Gasteiger partial charge in [-0.05, 0) is 13.0 Å². The van der Waals surface area contributed by atoms with Crippen molar-refractivity contribution in [2.45, 2.75) is 19.1 Å². The number of hydrogen-bond donors (Lipinski definition) is 1. The molecular weight excluding hydrogens is 235 g/mol. The van der Waals surface area contributed by atoms with Crippen molar-refractivity contribution in [1.29, 1.82) is 0 Å². The first-order chi connectivity index (χ1) is 7.91. The molecule has 3 nitrogen and oxygen atoms in total. The van der Waals surface area contributed by atoms with E-state index in [2.05, 4.69) is 0 Å². The molecule has 1 aromatic rings. The highest BCUT2D eigenvalue weighted by Crippen LogP contribution is 2.45. The minimum atomic E-state index is -4.46. The molecule has 1 unspecified atom stereocenters. The molecule has 0 radical (unpaired) electrons. The lowest BCUT2D eigenvalue weighted by atomic mass is 10.0. The van der Waals surface area contributed by atoms with Gasteiger partial charge < -0.3 is 15.2 Å². The lowest BCUT2D eigenvalue weighted by Crippen LogP contribution is -2.21. The van der Waals surface area contributed by atoms with Crippen molar-refractivity contribution in [2.75, 3.05) is 13.2 Å². The summed E-state index contributed by atoms with van der Waals surface area (Å²) in [5, 5.41) is 0. The molecule has 2 N–H and O–H groups in total. The van der Waals surface area contributed by atoms with E-state index in [4.69, 9.17) is 15.2 Å². The third kappa shape index (κ3) is 2.17. The first-order valence-corrected chi connectivity index (χ1v) is 5.16. The van der Waals surface area contributed by atoms with Crippen LogP contribution >= 0.6 is 0 Å². The molecule has 2 rings (SSSR count). The normalized spacial score (nSPS) is 16.8. The number of rotatable bonds is 1. The molecule has 0 fully saturated rings. The summed E-state index contributed by atoms with van der Waals surface area (Å²) in [6.45, 7) is 2.02. The maximum absolute atomic E-state index is 12.7. The summed E-state index contributed by atoms with van der Waals surface area (Å²) in [6, 6.07) is 1.90. The van der Waals surface area contributed by atoms with Gasteiger partial charge in [0.2, 0.25) is 0 Å². The van der Waals surface area contributed by atoms with E-state index in [1.54, 1.807) is 6.92 Å². The standard InChI is InChI=1S/C11H12F3NO2/c1-6(15)7-2-3-8(11(12,13)14)10-9(7)16-4-5-17-10/h2-3,6H,4-5,15H2,1H3. The number of halogens is 3. The monoisotopic (exact) mass is 247 g/mol. The van der Waals surface area contributed by atoms with E-state index in [9.17, 15) is 13.2 Å². The third-order valence-corrected chi connectivity index (χ3v) is 2.51. The topological polar surface area (TPSA) is 44.5 Å². The molecule has 17 heavy (non-hydrogen) atoms. The fourth-order valence-electron chi connectivity index (χ4n) is 1.74. The summed E-state index contributed by atoms with van der Waals surface area (Å²) < 4.78 is 48.5. The summed E-state index contributed by atoms with van der Waals surface area (Å²) in [5.41, 5.74) is 5.38. The molecule has 0 aliphatic carbocycles. The molecule has 94 valence electrons. The zero-order valence-electron chi connectivity index (χ0n) is 9.17. The summed E-state index contributed by atoms with van der Waals surface area (Å²) in [7, 11) is 0. The van der Waals surface area contributed by atoms with Crippen LogP contribution in [-0.4, -0.2) is 13.2 Å². The SMILES string of the molecule is CC(N)c1ccc(C(F)(F)F)c2c1OCCO2. The molecule has 1 aromatic carbocycles. The first kappa shape index (κ1) is 12.0. The van der Waals surface area contributed by atoms with Crippen LogP contribution in [0.1, 0.15) is 24.1 Å². The molecule has 1 heterocycles. The average Bonchev–Trinajstić information content (AvgIpc) is 2.26. The van der Waals surface area contributed by atoms with Crippen LogP contribution in [0.5, 0.6) is 11.5 Å². The molecule has 6 heteroatoms. The predicted molar refractivity (Wildman–Crippen MR) is 55.0 cm³/mol. The maximum Gasteiger partial charge on any atom is 0.420 e. The molecule has 0 aromatic heterocycles. The van der Waals surface area contributed by atoms with Gasteiger partial charge in [-0.2, -0.15) is 13.2 Å². The van der Waals surface area contributed by atoms with E-state index < -0.39 is 17.8 Å². The van der Waals surface area contributed by atoms with Gasteiger partial charge in [0.25, 0.3) is 0 Å². The zero-order valence-corrected chi connectivity index (χ0v) is 9.17. The van der Waals surface area contributed by atoms with Crippen molar-refractivity contribution >= 4 is 0 Å². The van der Waals surface area contributed by atoms with Gasteiger partial charge in [-0.15, -0.1) is 0 Å². The Labute approximate surface area is 96.3 Å². The van der Waals surface area contributed by atoms with Crippen LogP contribution in [0.3, 0.4) is 0 Å². The van der Waals surface area contributed by atoms with Crippen molar-refractivity contribution in [3.8, 4) is 11.5 Å². The largest absolute Gasteiger partial charge is 0.486 e. The van der Waals surface area contributed by atoms with E-state index in [-0.39, 0.29) is 24.7 Å². The van der Waals surface area contributed by atoms with Crippen LogP contribution in [0.15, 0.2) is 12.1 Å². The van der Waals surface area contributed by atoms with Gasteiger partial charge in [-0.3, -0.25) is 0 Å². The first-order valence-electron chi connectivity index (χ1n) is 5.16. The minimum absolute atomic E-state index is 0.110. The Bertz CT molecular complexity index is 429. The molecule has 0 bridgehead atoms. The number of benzene rings is 1. The Morgan fingerprint density at radius 2 is 1.76 bits per heavy atom. The van der Waals surface area contributed by atoms with Crippen LogP contribution in [0, 0.1) is 0 Å². The fraction of sp³-hybridized carbons (Fsp3) is 0.455. The van der Waals surface area contributed by atoms with E-state index in [0.29, 0.717) is 5.56 Å². The molecule has 0 saturated carbocycles. The van der Waals surface area contributed by atoms with Crippen molar-refractivity contribution in [3.05, 3.63) is 23.3 Å². The zero-order chi connectivity index (χ0) is 12.6. The number of hydrogen-bond acceptors (Lipinski definition) is 3. The van der Waals surface area contributed by atoms with Crippen LogP contribution in [0.25, 0.3) is 0 Å². The van der Waals surface area contributed by atoms with Crippen molar-refractivity contribution < 1.29 is 22.6 Å². The Morgan fingerprint density at radius 3 is 2.29 bits per heavy atom. The van der Waals surface area contributed by atoms with Crippen LogP contribution < -0.4 is 15.2 Å². The van der Waals surface area contributed by atoms with Gasteiger partial charge >= 0.3 is 6.18 Å². The maximum atomic E-state index is 12.7. The quantitative estimate of drug-likeness (QED) is 0.829. The number of fused-ring (bicyclic) bond motifs is 1. The Balaban J connectivity index is 2.59. The lowest BCUT2D eigenvalue weighted by Gasteiger charge is -2.25. The average molecular weight is 247 g/mol. The highest BCUT2D eigenvalue weighted by Gasteiger charge is 2.37. The van der Waals surface area contributed by atoms with Crippen molar-refractivity contribution in [1.82, 2.24) is 0 Å². The van der Waals surface area contributed by atoms with Crippen molar-refractivity contribution in [3.63, 3.8) is 0 Å². The Hall–Kier alpha value is -1.43. The predicted octanol–water partition coefficient (Wildman–Crippen LogP) is 2.50. The Morgan fingerprint density at radius 1 is 1.18 bits per heavy atom. The van der Waals surface area contributed by atoms with Gasteiger partial charge in [-0.1, -0.05) is 6.07 Å². The summed E-state index contributed by atoms with van der Waals surface area (Å²) in [5.74, 6) is -0.139. The van der Waals surface area contributed by atoms with E-state index in [0.717, 1.165) is 6.07 Å². The molecule has 1 aliphatic rings. The van der Waals surface area contributed by atoms with Gasteiger partial charge in [0, 0.05) is 11.6 Å². The molecule has 0 amide bonds. The van der Waals surface area contributed by atoms with Gasteiger partial charge in [0.15, 0.2) is 11.5 Å². The number of alkyl halides is 3. The highest BCUT2D eigenvalue weighted by molar-refractivity contribution is 5.54. The third-order valence-electron chi connectivity index (χ3n) is 2.51. The van der Waals surface area contributed by atoms with Gasteiger partial charge in [0.1, 0.15) is 18.8 Å². The second-order valence-corrected chi connectivity index (χ2v) is 3.84. The smallest absolute Gasteiger partial charge is 0.420 e. The van der Waals surface area contributed by atoms with Gasteiger partial charge in [-0.25, -0.2) is 0 Å². The summed E-state index contributed by atoms with van der Waals surface area (Å²) in [6.07, 6.45) is -4.46. The molecule has 1 aliphatic heterocycles. The van der Waals surface area contributed by atoms with Crippen molar-refractivity contribution in [2.24, 2.45) is 5.73 Å². The second kappa shape index (κ2) is 4.10. The minimum Gasteiger partial charge on any atom is -0.486 e. The van der Waals surface area contributed by atoms with E-state index in [1.807, 2.05) is 0 Å². The number of ether oxygens (including phenoxy) is 2. The fourth-order valence-corrected chi connectivity index (χ4v) is 1.74. The van der Waals surface area contributed by atoms with Crippen LogP contribution in [0.4, 0.5) is 13.2 Å². The van der Waals surface area contributed by atoms with Gasteiger partial charge in [0.05, 0.1) is 0 Å². The molecular formula is C11H12F3NO2. The van der Waals surface area contributed by atoms with Crippen LogP contribution in [0.2, 0.25) is 0 Å². The Kier molecular flexibility index (Phi) is 2.91. The van der Waals surface area contributed by atoms with E-state index in [1.165, 1.54) is 6.07 Å². The summed E-state index contributed by atoms with van der Waals surface area (Å²) >= 11 is 0. The molecule has 1 atom stereocenters. The lowest BCUT2D eigenvalue weighted by molar-refractivity contribution is -0.139. The van der Waals surface area contributed by atoms with E-state index >= 15 is 0 Å². The van der Waals surface area contributed by atoms with Crippen LogP contribution in [-0.2, 0) is 6.18 Å².